The molecule has 2 bridgehead atoms. The van der Waals surface area contributed by atoms with Crippen LogP contribution in [0.25, 0.3) is 0 Å². The highest BCUT2D eigenvalue weighted by molar-refractivity contribution is 4.98. The van der Waals surface area contributed by atoms with Crippen LogP contribution in [0.4, 0.5) is 0 Å². The average Bonchev–Trinajstić information content (AvgIpc) is 2.72. The van der Waals surface area contributed by atoms with Gasteiger partial charge < -0.3 is 10.2 Å². The molecule has 1 aliphatic carbocycles. The van der Waals surface area contributed by atoms with Crippen LogP contribution in [-0.4, -0.2) is 36.6 Å². The van der Waals surface area contributed by atoms with Gasteiger partial charge in [-0.3, -0.25) is 0 Å². The van der Waals surface area contributed by atoms with Gasteiger partial charge in [-0.1, -0.05) is 26.7 Å². The fourth-order valence-corrected chi connectivity index (χ4v) is 5.42. The highest BCUT2D eigenvalue weighted by Crippen LogP contribution is 2.42. The maximum absolute atomic E-state index is 3.99. The van der Waals surface area contributed by atoms with Crippen molar-refractivity contribution in [3.8, 4) is 0 Å². The molecule has 0 spiro atoms. The Kier molecular flexibility index (Phi) is 5.27. The summed E-state index contributed by atoms with van der Waals surface area (Å²) in [5.74, 6) is 2.88. The molecule has 2 saturated heterocycles. The van der Waals surface area contributed by atoms with E-state index in [1.165, 1.54) is 64.3 Å². The Morgan fingerprint density at radius 2 is 1.57 bits per heavy atom. The number of nitrogens with zero attached hydrogens (tertiary/aromatic N) is 1. The van der Waals surface area contributed by atoms with E-state index in [-0.39, 0.29) is 0 Å². The fraction of sp³-hybridized carbons (Fsp3) is 1.00. The maximum Gasteiger partial charge on any atom is 0.0125 e. The van der Waals surface area contributed by atoms with E-state index in [9.17, 15) is 0 Å². The molecule has 122 valence electrons. The van der Waals surface area contributed by atoms with Gasteiger partial charge in [0, 0.05) is 18.1 Å². The SMILES string of the molecule is CCCNC(C1CCC(C)CC1)C1CC2CCC(C1)N2C. The Labute approximate surface area is 132 Å². The van der Waals surface area contributed by atoms with Crippen LogP contribution in [0, 0.1) is 17.8 Å². The standard InChI is InChI=1S/C19H36N2/c1-4-11-20-19(15-7-5-14(2)6-8-15)16-12-17-9-10-18(13-16)21(17)3/h14-20H,4-13H2,1-3H3. The van der Waals surface area contributed by atoms with Crippen molar-refractivity contribution in [1.82, 2.24) is 10.2 Å². The zero-order chi connectivity index (χ0) is 14.8. The first-order chi connectivity index (χ1) is 10.2. The molecule has 1 N–H and O–H groups in total. The second-order valence-electron chi connectivity index (χ2n) is 8.28. The summed E-state index contributed by atoms with van der Waals surface area (Å²) in [5, 5.41) is 3.99. The van der Waals surface area contributed by atoms with Gasteiger partial charge in [-0.15, -0.1) is 0 Å². The van der Waals surface area contributed by atoms with Crippen LogP contribution in [0.2, 0.25) is 0 Å². The summed E-state index contributed by atoms with van der Waals surface area (Å²) in [4.78, 5) is 2.69. The molecule has 3 unspecified atom stereocenters. The Hall–Kier alpha value is -0.0800. The summed E-state index contributed by atoms with van der Waals surface area (Å²) < 4.78 is 0. The monoisotopic (exact) mass is 292 g/mol. The van der Waals surface area contributed by atoms with Crippen LogP contribution >= 0.6 is 0 Å². The summed E-state index contributed by atoms with van der Waals surface area (Å²) in [5.41, 5.74) is 0. The zero-order valence-corrected chi connectivity index (χ0v) is 14.5. The third-order valence-electron chi connectivity index (χ3n) is 6.84. The predicted octanol–water partition coefficient (Wildman–Crippen LogP) is 4.05. The molecule has 21 heavy (non-hydrogen) atoms. The molecule has 0 aromatic carbocycles. The van der Waals surface area contributed by atoms with E-state index in [2.05, 4.69) is 31.1 Å². The van der Waals surface area contributed by atoms with Gasteiger partial charge in [-0.05, 0) is 76.3 Å². The van der Waals surface area contributed by atoms with E-state index in [1.54, 1.807) is 0 Å². The van der Waals surface area contributed by atoms with Crippen molar-refractivity contribution in [2.45, 2.75) is 89.8 Å². The van der Waals surface area contributed by atoms with Crippen molar-refractivity contribution in [3.63, 3.8) is 0 Å². The molecule has 0 radical (unpaired) electrons. The van der Waals surface area contributed by atoms with Crippen LogP contribution in [0.1, 0.15) is 71.6 Å². The van der Waals surface area contributed by atoms with E-state index in [1.807, 2.05) is 0 Å². The first-order valence-electron chi connectivity index (χ1n) is 9.64. The predicted molar refractivity (Wildman–Crippen MR) is 90.5 cm³/mol. The lowest BCUT2D eigenvalue weighted by Gasteiger charge is -2.44. The molecule has 3 fully saturated rings. The number of hydrogen-bond acceptors (Lipinski definition) is 2. The van der Waals surface area contributed by atoms with Crippen LogP contribution < -0.4 is 5.32 Å². The molecule has 3 atom stereocenters. The largest absolute Gasteiger partial charge is 0.313 e. The molecule has 2 nitrogen and oxygen atoms in total. The highest BCUT2D eigenvalue weighted by Gasteiger charge is 2.42. The minimum atomic E-state index is 0.814. The smallest absolute Gasteiger partial charge is 0.0125 e. The summed E-state index contributed by atoms with van der Waals surface area (Å²) in [6, 6.07) is 2.60. The Morgan fingerprint density at radius 3 is 2.14 bits per heavy atom. The lowest BCUT2D eigenvalue weighted by atomic mass is 9.72. The van der Waals surface area contributed by atoms with Crippen LogP contribution in [0.15, 0.2) is 0 Å². The molecule has 2 heteroatoms. The fourth-order valence-electron chi connectivity index (χ4n) is 5.42. The van der Waals surface area contributed by atoms with Gasteiger partial charge in [0.1, 0.15) is 0 Å². The van der Waals surface area contributed by atoms with Gasteiger partial charge in [-0.2, -0.15) is 0 Å². The summed E-state index contributed by atoms with van der Waals surface area (Å²) in [6.07, 6.45) is 13.0. The van der Waals surface area contributed by atoms with Gasteiger partial charge in [0.2, 0.25) is 0 Å². The third-order valence-corrected chi connectivity index (χ3v) is 6.84. The summed E-state index contributed by atoms with van der Waals surface area (Å²) >= 11 is 0. The van der Waals surface area contributed by atoms with Gasteiger partial charge in [0.15, 0.2) is 0 Å². The van der Waals surface area contributed by atoms with Crippen LogP contribution in [0.3, 0.4) is 0 Å². The third kappa shape index (κ3) is 3.47. The van der Waals surface area contributed by atoms with Crippen LogP contribution in [0.5, 0.6) is 0 Å². The average molecular weight is 293 g/mol. The normalized spacial score (nSPS) is 42.1. The molecule has 3 aliphatic rings. The lowest BCUT2D eigenvalue weighted by molar-refractivity contribution is 0.0826. The van der Waals surface area contributed by atoms with E-state index in [0.717, 1.165) is 35.9 Å². The molecule has 0 aromatic rings. The second kappa shape index (κ2) is 7.00. The zero-order valence-electron chi connectivity index (χ0n) is 14.5. The van der Waals surface area contributed by atoms with E-state index >= 15 is 0 Å². The van der Waals surface area contributed by atoms with Crippen molar-refractivity contribution < 1.29 is 0 Å². The highest BCUT2D eigenvalue weighted by atomic mass is 15.2. The Morgan fingerprint density at radius 1 is 0.952 bits per heavy atom. The van der Waals surface area contributed by atoms with Gasteiger partial charge in [0.25, 0.3) is 0 Å². The lowest BCUT2D eigenvalue weighted by Crippen LogP contribution is -2.50. The molecule has 3 rings (SSSR count). The maximum atomic E-state index is 3.99. The van der Waals surface area contributed by atoms with E-state index in [4.69, 9.17) is 0 Å². The summed E-state index contributed by atoms with van der Waals surface area (Å²) in [6.45, 7) is 5.98. The van der Waals surface area contributed by atoms with Crippen LogP contribution in [-0.2, 0) is 0 Å². The minimum absolute atomic E-state index is 0.814. The molecule has 1 saturated carbocycles. The Balaban J connectivity index is 1.64. The molecular weight excluding hydrogens is 256 g/mol. The minimum Gasteiger partial charge on any atom is -0.313 e. The molecule has 0 aromatic heterocycles. The van der Waals surface area contributed by atoms with E-state index in [0.29, 0.717) is 0 Å². The first kappa shape index (κ1) is 15.8. The molecular formula is C19H36N2. The number of hydrogen-bond donors (Lipinski definition) is 1. The number of nitrogens with one attached hydrogen (secondary N) is 1. The quantitative estimate of drug-likeness (QED) is 0.822. The topological polar surface area (TPSA) is 15.3 Å². The van der Waals surface area contributed by atoms with Gasteiger partial charge in [-0.25, -0.2) is 0 Å². The van der Waals surface area contributed by atoms with Crippen molar-refractivity contribution in [2.24, 2.45) is 17.8 Å². The molecule has 2 aliphatic heterocycles. The number of piperidine rings is 1. The Bertz CT molecular complexity index is 308. The first-order valence-corrected chi connectivity index (χ1v) is 9.64. The van der Waals surface area contributed by atoms with Crippen molar-refractivity contribution in [1.29, 1.82) is 0 Å². The summed E-state index contributed by atoms with van der Waals surface area (Å²) in [7, 11) is 2.37. The molecule has 2 heterocycles. The number of rotatable bonds is 5. The van der Waals surface area contributed by atoms with Gasteiger partial charge in [0.05, 0.1) is 0 Å². The van der Waals surface area contributed by atoms with Crippen molar-refractivity contribution in [3.05, 3.63) is 0 Å². The van der Waals surface area contributed by atoms with E-state index < -0.39 is 0 Å². The van der Waals surface area contributed by atoms with Crippen molar-refractivity contribution in [2.75, 3.05) is 13.6 Å². The van der Waals surface area contributed by atoms with Crippen molar-refractivity contribution >= 4 is 0 Å². The number of fused-ring (bicyclic) bond motifs is 2. The van der Waals surface area contributed by atoms with Gasteiger partial charge >= 0.3 is 0 Å². The second-order valence-corrected chi connectivity index (χ2v) is 8.28. The molecule has 0 amide bonds.